The van der Waals surface area contributed by atoms with Crippen molar-refractivity contribution < 1.29 is 17.8 Å². The maximum Gasteiger partial charge on any atom is 0.223 e. The Bertz CT molecular complexity index is 758. The molecule has 0 aromatic heterocycles. The molecule has 5 nitrogen and oxygen atoms in total. The molecule has 32 heavy (non-hydrogen) atoms. The smallest absolute Gasteiger partial charge is 0.223 e. The first-order valence-electron chi connectivity index (χ1n) is 12.0. The van der Waals surface area contributed by atoms with E-state index in [0.29, 0.717) is 11.8 Å². The second-order valence-electron chi connectivity index (χ2n) is 9.22. The van der Waals surface area contributed by atoms with E-state index < -0.39 is 22.6 Å². The number of nitrogens with one attached hydrogen (secondary N) is 2. The van der Waals surface area contributed by atoms with Crippen LogP contribution in [0.15, 0.2) is 18.2 Å². The fraction of sp³-hybridized carbons (Fsp3) is 0.708. The van der Waals surface area contributed by atoms with Crippen molar-refractivity contribution >= 4 is 16.9 Å². The van der Waals surface area contributed by atoms with Crippen LogP contribution in [-0.4, -0.2) is 51.9 Å². The molecule has 2 aliphatic rings. The van der Waals surface area contributed by atoms with Gasteiger partial charge >= 0.3 is 0 Å². The van der Waals surface area contributed by atoms with Crippen molar-refractivity contribution in [2.75, 3.05) is 25.4 Å². The molecule has 1 saturated heterocycles. The van der Waals surface area contributed by atoms with Gasteiger partial charge in [-0.3, -0.25) is 4.79 Å². The van der Waals surface area contributed by atoms with Gasteiger partial charge < -0.3 is 10.6 Å². The second kappa shape index (κ2) is 12.2. The molecule has 2 atom stereocenters. The monoisotopic (exact) mass is 469 g/mol. The summed E-state index contributed by atoms with van der Waals surface area (Å²) >= 11 is 0. The van der Waals surface area contributed by atoms with E-state index in [0.717, 1.165) is 76.2 Å². The summed E-state index contributed by atoms with van der Waals surface area (Å²) in [5.74, 6) is -0.212. The Hall–Kier alpha value is -1.38. The lowest BCUT2D eigenvalue weighted by Crippen LogP contribution is -2.44. The zero-order valence-corrected chi connectivity index (χ0v) is 20.1. The van der Waals surface area contributed by atoms with Crippen LogP contribution in [0.1, 0.15) is 70.3 Å². The van der Waals surface area contributed by atoms with E-state index in [1.807, 2.05) is 18.2 Å². The summed E-state index contributed by atoms with van der Waals surface area (Å²) in [4.78, 5) is 12.6. The van der Waals surface area contributed by atoms with Gasteiger partial charge in [0.2, 0.25) is 5.91 Å². The molecule has 1 heterocycles. The van der Waals surface area contributed by atoms with Gasteiger partial charge in [0.1, 0.15) is 11.6 Å². The lowest BCUT2D eigenvalue weighted by Gasteiger charge is -2.31. The molecule has 1 aliphatic carbocycles. The summed E-state index contributed by atoms with van der Waals surface area (Å²) in [7, 11) is -0.848. The molecule has 1 aromatic rings. The number of amides is 1. The van der Waals surface area contributed by atoms with Crippen molar-refractivity contribution in [1.29, 1.82) is 0 Å². The molecule has 2 fully saturated rings. The van der Waals surface area contributed by atoms with Gasteiger partial charge in [-0.05, 0) is 75.1 Å². The maximum atomic E-state index is 13.5. The predicted octanol–water partition coefficient (Wildman–Crippen LogP) is 3.87. The minimum atomic E-state index is -0.848. The molecule has 8 heteroatoms. The summed E-state index contributed by atoms with van der Waals surface area (Å²) in [6.07, 6.45) is 6.07. The fourth-order valence-corrected chi connectivity index (χ4v) is 5.79. The van der Waals surface area contributed by atoms with Crippen molar-refractivity contribution in [2.24, 2.45) is 5.92 Å². The molecule has 180 valence electrons. The average Bonchev–Trinajstić information content (AvgIpc) is 2.78. The number of carbonyl (C=O) groups is 1. The quantitative estimate of drug-likeness (QED) is 0.577. The Labute approximate surface area is 193 Å². The Morgan fingerprint density at radius 2 is 1.69 bits per heavy atom. The van der Waals surface area contributed by atoms with Crippen LogP contribution in [0.25, 0.3) is 0 Å². The minimum absolute atomic E-state index is 0.0646. The molecule has 1 aliphatic heterocycles. The largest absolute Gasteiger partial charge is 0.353 e. The third-order valence-corrected chi connectivity index (χ3v) is 8.31. The Morgan fingerprint density at radius 3 is 2.28 bits per heavy atom. The van der Waals surface area contributed by atoms with Gasteiger partial charge in [-0.15, -0.1) is 0 Å². The molecule has 0 radical (unpaired) electrons. The van der Waals surface area contributed by atoms with Crippen molar-refractivity contribution in [3.8, 4) is 0 Å². The van der Waals surface area contributed by atoms with E-state index in [1.165, 1.54) is 12.1 Å². The first-order chi connectivity index (χ1) is 15.4. The average molecular weight is 470 g/mol. The van der Waals surface area contributed by atoms with Crippen molar-refractivity contribution in [2.45, 2.75) is 76.8 Å². The van der Waals surface area contributed by atoms with Gasteiger partial charge in [-0.1, -0.05) is 13.8 Å². The van der Waals surface area contributed by atoms with E-state index in [-0.39, 0.29) is 23.8 Å². The topological polar surface area (TPSA) is 61.4 Å². The first kappa shape index (κ1) is 25.2. The van der Waals surface area contributed by atoms with Crippen LogP contribution in [0.5, 0.6) is 0 Å². The molecule has 0 bridgehead atoms. The highest BCUT2D eigenvalue weighted by molar-refractivity contribution is 7.82. The summed E-state index contributed by atoms with van der Waals surface area (Å²) in [6, 6.07) is 4.32. The number of nitrogens with zero attached hydrogens (tertiary/aromatic N) is 1. The number of hydrogen-bond donors (Lipinski definition) is 2. The molecular weight excluding hydrogens is 432 g/mol. The third-order valence-electron chi connectivity index (χ3n) is 6.88. The van der Waals surface area contributed by atoms with Crippen LogP contribution in [-0.2, 0) is 15.8 Å². The molecule has 0 spiro atoms. The van der Waals surface area contributed by atoms with Crippen LogP contribution in [0.3, 0.4) is 0 Å². The summed E-state index contributed by atoms with van der Waals surface area (Å²) in [5.41, 5.74) is 0.721. The number of halogens is 2. The van der Waals surface area contributed by atoms with E-state index in [9.17, 15) is 17.8 Å². The predicted molar refractivity (Wildman–Crippen MR) is 125 cm³/mol. The molecular formula is C24H37F2N3O2S. The Balaban J connectivity index is 1.32. The lowest BCUT2D eigenvalue weighted by molar-refractivity contribution is -0.125. The number of carbonyl (C=O) groups excluding carboxylic acids is 1. The van der Waals surface area contributed by atoms with Gasteiger partial charge in [0.25, 0.3) is 0 Å². The first-order valence-corrected chi connectivity index (χ1v) is 13.3. The van der Waals surface area contributed by atoms with Crippen LogP contribution in [0.4, 0.5) is 8.78 Å². The normalized spacial score (nSPS) is 24.8. The number of benzene rings is 1. The SMILES string of the molecule is CCS(=O)N1CCC(NCCC(C)C(=O)NC2CCC(c3cc(F)cc(F)c3)CC2)CC1. The van der Waals surface area contributed by atoms with E-state index >= 15 is 0 Å². The minimum Gasteiger partial charge on any atom is -0.353 e. The third kappa shape index (κ3) is 7.32. The molecule has 1 aromatic carbocycles. The highest BCUT2D eigenvalue weighted by atomic mass is 32.2. The van der Waals surface area contributed by atoms with E-state index in [1.54, 1.807) is 0 Å². The van der Waals surface area contributed by atoms with Gasteiger partial charge in [0, 0.05) is 42.9 Å². The van der Waals surface area contributed by atoms with Gasteiger partial charge in [0.05, 0.1) is 11.0 Å². The van der Waals surface area contributed by atoms with Crippen LogP contribution in [0.2, 0.25) is 0 Å². The standard InChI is InChI=1S/C24H37F2N3O2S/c1-3-32(31)29-12-9-22(10-13-29)27-11-8-17(2)24(30)28-23-6-4-18(5-7-23)19-14-20(25)16-21(26)15-19/h14-18,22-23,27H,3-13H2,1-2H3,(H,28,30). The van der Waals surface area contributed by atoms with E-state index in [2.05, 4.69) is 10.6 Å². The summed E-state index contributed by atoms with van der Waals surface area (Å²) < 4.78 is 40.9. The zero-order valence-electron chi connectivity index (χ0n) is 19.2. The van der Waals surface area contributed by atoms with Gasteiger partial charge in [-0.25, -0.2) is 17.3 Å². The van der Waals surface area contributed by atoms with Crippen LogP contribution < -0.4 is 10.6 Å². The van der Waals surface area contributed by atoms with Gasteiger partial charge in [0.15, 0.2) is 0 Å². The van der Waals surface area contributed by atoms with Gasteiger partial charge in [-0.2, -0.15) is 0 Å². The number of hydrogen-bond acceptors (Lipinski definition) is 3. The molecule has 1 saturated carbocycles. The van der Waals surface area contributed by atoms with Crippen molar-refractivity contribution in [3.63, 3.8) is 0 Å². The second-order valence-corrected chi connectivity index (χ2v) is 11.0. The fourth-order valence-electron chi connectivity index (χ4n) is 4.81. The number of piperidine rings is 1. The highest BCUT2D eigenvalue weighted by Gasteiger charge is 2.26. The highest BCUT2D eigenvalue weighted by Crippen LogP contribution is 2.33. The molecule has 1 amide bonds. The summed E-state index contributed by atoms with van der Waals surface area (Å²) in [6.45, 7) is 6.43. The van der Waals surface area contributed by atoms with Crippen molar-refractivity contribution in [1.82, 2.24) is 14.9 Å². The van der Waals surface area contributed by atoms with Crippen molar-refractivity contribution in [3.05, 3.63) is 35.4 Å². The lowest BCUT2D eigenvalue weighted by atomic mass is 9.81. The molecule has 3 rings (SSSR count). The van der Waals surface area contributed by atoms with Crippen LogP contribution >= 0.6 is 0 Å². The summed E-state index contributed by atoms with van der Waals surface area (Å²) in [5, 5.41) is 6.73. The molecule has 2 N–H and O–H groups in total. The number of rotatable bonds is 9. The zero-order chi connectivity index (χ0) is 23.1. The molecule has 2 unspecified atom stereocenters. The van der Waals surface area contributed by atoms with E-state index in [4.69, 9.17) is 0 Å². The maximum absolute atomic E-state index is 13.5. The van der Waals surface area contributed by atoms with Crippen LogP contribution in [0, 0.1) is 17.6 Å². The Kier molecular flexibility index (Phi) is 9.61. The Morgan fingerprint density at radius 1 is 1.06 bits per heavy atom.